The normalized spacial score (nSPS) is 11.8. The van der Waals surface area contributed by atoms with Crippen molar-refractivity contribution in [3.05, 3.63) is 12.2 Å². The smallest absolute Gasteiger partial charge is 0.323 e. The van der Waals surface area contributed by atoms with Gasteiger partial charge in [-0.05, 0) is 27.3 Å². The van der Waals surface area contributed by atoms with E-state index < -0.39 is 11.5 Å². The van der Waals surface area contributed by atoms with Gasteiger partial charge in [-0.1, -0.05) is 19.1 Å². The summed E-state index contributed by atoms with van der Waals surface area (Å²) in [6.45, 7) is 12.4. The first-order chi connectivity index (χ1) is 5.82. The minimum absolute atomic E-state index is 0.635. The number of carboxylic acid groups (broad SMARTS) is 1. The second-order valence-electron chi connectivity index (χ2n) is 3.84. The Kier molecular flexibility index (Phi) is 4.14. The molecule has 0 aromatic carbocycles. The molecule has 0 bridgehead atoms. The highest BCUT2D eigenvalue weighted by atomic mass is 16.4. The zero-order chi connectivity index (χ0) is 10.6. The number of nitrogens with zero attached hydrogens (tertiary/aromatic N) is 1. The fraction of sp³-hybridized carbons (Fsp3) is 0.700. The molecule has 0 aliphatic carbocycles. The fourth-order valence-corrected chi connectivity index (χ4v) is 1.17. The molecule has 0 saturated carbocycles. The molecule has 0 aromatic rings. The molecule has 3 heteroatoms. The molecule has 13 heavy (non-hydrogen) atoms. The van der Waals surface area contributed by atoms with Gasteiger partial charge < -0.3 is 5.11 Å². The van der Waals surface area contributed by atoms with Gasteiger partial charge in [-0.25, -0.2) is 0 Å². The van der Waals surface area contributed by atoms with Crippen LogP contribution >= 0.6 is 0 Å². The largest absolute Gasteiger partial charge is 0.480 e. The van der Waals surface area contributed by atoms with Crippen LogP contribution in [0.3, 0.4) is 0 Å². The van der Waals surface area contributed by atoms with E-state index in [4.69, 9.17) is 5.11 Å². The van der Waals surface area contributed by atoms with Crippen LogP contribution in [0.2, 0.25) is 0 Å². The molecule has 0 aliphatic heterocycles. The summed E-state index contributed by atoms with van der Waals surface area (Å²) in [5, 5.41) is 8.98. The third-order valence-electron chi connectivity index (χ3n) is 2.16. The Labute approximate surface area is 80.0 Å². The van der Waals surface area contributed by atoms with Gasteiger partial charge in [-0.3, -0.25) is 9.69 Å². The Balaban J connectivity index is 4.55. The first-order valence-corrected chi connectivity index (χ1v) is 4.45. The maximum Gasteiger partial charge on any atom is 0.323 e. The second kappa shape index (κ2) is 4.42. The van der Waals surface area contributed by atoms with E-state index in [1.165, 1.54) is 0 Å². The first kappa shape index (κ1) is 12.2. The Morgan fingerprint density at radius 3 is 2.23 bits per heavy atom. The van der Waals surface area contributed by atoms with Crippen molar-refractivity contribution in [1.29, 1.82) is 0 Å². The summed E-state index contributed by atoms with van der Waals surface area (Å²) in [7, 11) is 0. The lowest BCUT2D eigenvalue weighted by Gasteiger charge is -2.34. The number of aliphatic carboxylic acids is 1. The van der Waals surface area contributed by atoms with E-state index in [1.54, 1.807) is 13.8 Å². The van der Waals surface area contributed by atoms with Gasteiger partial charge in [-0.15, -0.1) is 0 Å². The first-order valence-electron chi connectivity index (χ1n) is 4.45. The minimum atomic E-state index is -0.812. The summed E-state index contributed by atoms with van der Waals surface area (Å²) < 4.78 is 0. The molecule has 0 rings (SSSR count). The Bertz CT molecular complexity index is 209. The number of carboxylic acids is 1. The molecule has 0 radical (unpaired) electrons. The number of likely N-dealkylation sites (N-methyl/N-ethyl adjacent to an activating group) is 1. The van der Waals surface area contributed by atoms with Crippen LogP contribution in [0.1, 0.15) is 27.7 Å². The van der Waals surface area contributed by atoms with Gasteiger partial charge in [0.25, 0.3) is 0 Å². The standard InChI is InChI=1S/C10H19NO2/c1-6-11(7-8(2)3)10(4,5)9(12)13/h2,6-7H2,1,3-5H3,(H,12,13). The number of hydrogen-bond acceptors (Lipinski definition) is 2. The summed E-state index contributed by atoms with van der Waals surface area (Å²) in [5.41, 5.74) is 0.171. The average Bonchev–Trinajstić information content (AvgIpc) is 1.99. The average molecular weight is 185 g/mol. The molecule has 0 saturated heterocycles. The Morgan fingerprint density at radius 1 is 1.54 bits per heavy atom. The molecule has 0 fully saturated rings. The zero-order valence-electron chi connectivity index (χ0n) is 8.92. The quantitative estimate of drug-likeness (QED) is 0.663. The van der Waals surface area contributed by atoms with Crippen LogP contribution in [-0.4, -0.2) is 34.6 Å². The molecule has 0 amide bonds. The molecule has 0 atom stereocenters. The predicted molar refractivity (Wildman–Crippen MR) is 53.8 cm³/mol. The Hall–Kier alpha value is -0.830. The fourth-order valence-electron chi connectivity index (χ4n) is 1.17. The van der Waals surface area contributed by atoms with Crippen LogP contribution in [0.15, 0.2) is 12.2 Å². The monoisotopic (exact) mass is 185 g/mol. The Morgan fingerprint density at radius 2 is 2.00 bits per heavy atom. The van der Waals surface area contributed by atoms with Crippen LogP contribution in [0, 0.1) is 0 Å². The molecular formula is C10H19NO2. The van der Waals surface area contributed by atoms with E-state index in [0.29, 0.717) is 13.1 Å². The lowest BCUT2D eigenvalue weighted by Crippen LogP contribution is -2.50. The van der Waals surface area contributed by atoms with E-state index in [-0.39, 0.29) is 0 Å². The molecule has 0 aromatic heterocycles. The SMILES string of the molecule is C=C(C)CN(CC)C(C)(C)C(=O)O. The maximum absolute atomic E-state index is 10.9. The van der Waals surface area contributed by atoms with E-state index in [1.807, 2.05) is 18.7 Å². The molecule has 0 aliphatic rings. The van der Waals surface area contributed by atoms with Crippen LogP contribution < -0.4 is 0 Å². The molecule has 0 spiro atoms. The number of hydrogen-bond donors (Lipinski definition) is 1. The van der Waals surface area contributed by atoms with Gasteiger partial charge in [0.2, 0.25) is 0 Å². The molecule has 76 valence electrons. The highest BCUT2D eigenvalue weighted by molar-refractivity contribution is 5.77. The molecule has 0 heterocycles. The molecular weight excluding hydrogens is 166 g/mol. The van der Waals surface area contributed by atoms with Gasteiger partial charge >= 0.3 is 5.97 Å². The van der Waals surface area contributed by atoms with Crippen LogP contribution in [0.4, 0.5) is 0 Å². The lowest BCUT2D eigenvalue weighted by molar-refractivity contribution is -0.149. The maximum atomic E-state index is 10.9. The van der Waals surface area contributed by atoms with Crippen molar-refractivity contribution in [2.45, 2.75) is 33.2 Å². The topological polar surface area (TPSA) is 40.5 Å². The second-order valence-corrected chi connectivity index (χ2v) is 3.84. The van der Waals surface area contributed by atoms with Crippen molar-refractivity contribution in [2.24, 2.45) is 0 Å². The third kappa shape index (κ3) is 3.19. The summed E-state index contributed by atoms with van der Waals surface area (Å²) in [4.78, 5) is 12.8. The number of carbonyl (C=O) groups is 1. The van der Waals surface area contributed by atoms with Crippen molar-refractivity contribution < 1.29 is 9.90 Å². The predicted octanol–water partition coefficient (Wildman–Crippen LogP) is 1.75. The summed E-state index contributed by atoms with van der Waals surface area (Å²) in [6.07, 6.45) is 0. The third-order valence-corrected chi connectivity index (χ3v) is 2.16. The van der Waals surface area contributed by atoms with E-state index in [0.717, 1.165) is 5.57 Å². The van der Waals surface area contributed by atoms with E-state index >= 15 is 0 Å². The van der Waals surface area contributed by atoms with Crippen LogP contribution in [-0.2, 0) is 4.79 Å². The number of rotatable bonds is 5. The lowest BCUT2D eigenvalue weighted by atomic mass is 10.0. The molecule has 3 nitrogen and oxygen atoms in total. The molecule has 0 unspecified atom stereocenters. The van der Waals surface area contributed by atoms with E-state index in [9.17, 15) is 4.79 Å². The zero-order valence-corrected chi connectivity index (χ0v) is 8.92. The molecule has 1 N–H and O–H groups in total. The minimum Gasteiger partial charge on any atom is -0.480 e. The van der Waals surface area contributed by atoms with Crippen molar-refractivity contribution in [2.75, 3.05) is 13.1 Å². The summed E-state index contributed by atoms with van der Waals surface area (Å²) in [5.74, 6) is -0.796. The summed E-state index contributed by atoms with van der Waals surface area (Å²) >= 11 is 0. The van der Waals surface area contributed by atoms with Crippen LogP contribution in [0.5, 0.6) is 0 Å². The highest BCUT2D eigenvalue weighted by Gasteiger charge is 2.33. The van der Waals surface area contributed by atoms with E-state index in [2.05, 4.69) is 6.58 Å². The van der Waals surface area contributed by atoms with Crippen molar-refractivity contribution in [1.82, 2.24) is 4.90 Å². The van der Waals surface area contributed by atoms with Crippen LogP contribution in [0.25, 0.3) is 0 Å². The van der Waals surface area contributed by atoms with Gasteiger partial charge in [0.05, 0.1) is 0 Å². The highest BCUT2D eigenvalue weighted by Crippen LogP contribution is 2.15. The van der Waals surface area contributed by atoms with Crippen molar-refractivity contribution in [3.8, 4) is 0 Å². The van der Waals surface area contributed by atoms with Gasteiger partial charge in [-0.2, -0.15) is 0 Å². The van der Waals surface area contributed by atoms with Gasteiger partial charge in [0, 0.05) is 6.54 Å². The van der Waals surface area contributed by atoms with Gasteiger partial charge in [0.1, 0.15) is 5.54 Å². The summed E-state index contributed by atoms with van der Waals surface area (Å²) in [6, 6.07) is 0. The van der Waals surface area contributed by atoms with Gasteiger partial charge in [0.15, 0.2) is 0 Å². The van der Waals surface area contributed by atoms with Crippen molar-refractivity contribution >= 4 is 5.97 Å². The van der Waals surface area contributed by atoms with Crippen molar-refractivity contribution in [3.63, 3.8) is 0 Å².